The van der Waals surface area contributed by atoms with E-state index in [0.29, 0.717) is 105 Å². The molecule has 7 N–H and O–H groups in total. The SMILES string of the molecule is C=C(CCCC(=O)NC(COCCC(=O)NCCCNC(=O)c1ccc(OC)cc1)(COCCC(=O)NCCCNC(=O)c1ccc(OC)cc1)COCCC(=O)NCCCNC(=O)c1ccc(OC)cc1)C(C)(C)C. The molecule has 0 aliphatic rings. The molecule has 0 radical (unpaired) electrons. The zero-order valence-electron chi connectivity index (χ0n) is 45.3. The van der Waals surface area contributed by atoms with Crippen molar-refractivity contribution in [3.05, 3.63) is 102 Å². The van der Waals surface area contributed by atoms with Gasteiger partial charge < -0.3 is 65.6 Å². The van der Waals surface area contributed by atoms with Crippen LogP contribution in [-0.2, 0) is 33.4 Å². The number of hydrogen-bond donors (Lipinski definition) is 7. The van der Waals surface area contributed by atoms with E-state index >= 15 is 0 Å². The summed E-state index contributed by atoms with van der Waals surface area (Å²) in [4.78, 5) is 89.6. The van der Waals surface area contributed by atoms with Crippen LogP contribution in [-0.4, -0.2) is 147 Å². The van der Waals surface area contributed by atoms with Gasteiger partial charge in [0.2, 0.25) is 23.6 Å². The molecule has 3 aromatic carbocycles. The second-order valence-corrected chi connectivity index (χ2v) is 19.0. The van der Waals surface area contributed by atoms with Crippen LogP contribution in [0.1, 0.15) is 110 Å². The van der Waals surface area contributed by atoms with Crippen molar-refractivity contribution in [1.29, 1.82) is 0 Å². The van der Waals surface area contributed by atoms with Crippen LogP contribution in [0.2, 0.25) is 0 Å². The summed E-state index contributed by atoms with van der Waals surface area (Å²) in [6, 6.07) is 20.2. The van der Waals surface area contributed by atoms with E-state index in [4.69, 9.17) is 28.4 Å². The molecule has 0 aliphatic carbocycles. The zero-order valence-corrected chi connectivity index (χ0v) is 45.3. The average molecular weight is 1060 g/mol. The van der Waals surface area contributed by atoms with E-state index in [2.05, 4.69) is 64.6 Å². The van der Waals surface area contributed by atoms with Gasteiger partial charge in [-0.1, -0.05) is 32.9 Å². The number of allylic oxidation sites excluding steroid dienone is 1. The lowest BCUT2D eigenvalue weighted by molar-refractivity contribution is -0.130. The Kier molecular flexibility index (Phi) is 29.4. The van der Waals surface area contributed by atoms with Gasteiger partial charge in [0.05, 0.1) is 61.0 Å². The van der Waals surface area contributed by atoms with Crippen molar-refractivity contribution >= 4 is 41.4 Å². The Labute approximate surface area is 447 Å². The van der Waals surface area contributed by atoms with Crippen molar-refractivity contribution in [1.82, 2.24) is 37.2 Å². The Morgan fingerprint density at radius 1 is 0.408 bits per heavy atom. The topological polar surface area (TPSA) is 259 Å². The summed E-state index contributed by atoms with van der Waals surface area (Å²) in [7, 11) is 4.64. The number of carbonyl (C=O) groups is 7. The van der Waals surface area contributed by atoms with Crippen LogP contribution >= 0.6 is 0 Å². The number of nitrogens with one attached hydrogen (secondary N) is 7. The summed E-state index contributed by atoms with van der Waals surface area (Å²) < 4.78 is 33.6. The molecule has 0 atom stereocenters. The van der Waals surface area contributed by atoms with Crippen molar-refractivity contribution in [3.8, 4) is 17.2 Å². The molecule has 20 nitrogen and oxygen atoms in total. The van der Waals surface area contributed by atoms with Gasteiger partial charge in [-0.3, -0.25) is 33.6 Å². The van der Waals surface area contributed by atoms with Crippen LogP contribution in [0, 0.1) is 5.41 Å². The van der Waals surface area contributed by atoms with Crippen LogP contribution in [0.3, 0.4) is 0 Å². The van der Waals surface area contributed by atoms with Crippen LogP contribution < -0.4 is 51.4 Å². The first-order valence-electron chi connectivity index (χ1n) is 25.8. The molecule has 3 rings (SSSR count). The third-order valence-corrected chi connectivity index (χ3v) is 11.8. The van der Waals surface area contributed by atoms with Gasteiger partial charge in [0, 0.05) is 81.6 Å². The van der Waals surface area contributed by atoms with E-state index in [0.717, 1.165) is 5.57 Å². The fourth-order valence-electron chi connectivity index (χ4n) is 7.08. The van der Waals surface area contributed by atoms with Gasteiger partial charge in [0.25, 0.3) is 17.7 Å². The Morgan fingerprint density at radius 3 is 1.00 bits per heavy atom. The lowest BCUT2D eigenvalue weighted by Crippen LogP contribution is -2.58. The monoisotopic (exact) mass is 1060 g/mol. The van der Waals surface area contributed by atoms with E-state index in [9.17, 15) is 33.6 Å². The predicted molar refractivity (Wildman–Crippen MR) is 288 cm³/mol. The second kappa shape index (κ2) is 35.3. The first-order chi connectivity index (χ1) is 36.5. The van der Waals surface area contributed by atoms with Gasteiger partial charge in [-0.2, -0.15) is 0 Å². The maximum absolute atomic E-state index is 13.7. The normalized spacial score (nSPS) is 11.1. The summed E-state index contributed by atoms with van der Waals surface area (Å²) in [6.45, 7) is 11.9. The van der Waals surface area contributed by atoms with Crippen LogP contribution in [0.4, 0.5) is 0 Å². The molecule has 0 saturated heterocycles. The smallest absolute Gasteiger partial charge is 0.251 e. The Bertz CT molecular complexity index is 2050. The summed E-state index contributed by atoms with van der Waals surface area (Å²) in [5.41, 5.74) is 1.04. The third-order valence-electron chi connectivity index (χ3n) is 11.8. The van der Waals surface area contributed by atoms with E-state index in [1.165, 1.54) is 0 Å². The molecule has 3 aromatic rings. The molecular formula is C56H81N7O13. The van der Waals surface area contributed by atoms with E-state index in [1.54, 1.807) is 94.1 Å². The van der Waals surface area contributed by atoms with Crippen LogP contribution in [0.15, 0.2) is 84.9 Å². The Hall–Kier alpha value is -7.03. The van der Waals surface area contributed by atoms with Crippen molar-refractivity contribution < 1.29 is 62.0 Å². The molecule has 0 aromatic heterocycles. The van der Waals surface area contributed by atoms with Crippen molar-refractivity contribution in [2.45, 2.75) is 84.1 Å². The number of amides is 7. The fourth-order valence-corrected chi connectivity index (χ4v) is 7.08. The number of rotatable bonds is 38. The number of hydrogen-bond acceptors (Lipinski definition) is 13. The van der Waals surface area contributed by atoms with E-state index in [-0.39, 0.29) is 112 Å². The minimum Gasteiger partial charge on any atom is -0.497 e. The first kappa shape index (κ1) is 63.3. The predicted octanol–water partition coefficient (Wildman–Crippen LogP) is 4.67. The standard InChI is InChI=1S/C56H81N7O13/c1-41(55(2,3)4)12-8-13-51(67)63-56(38-74-35-26-48(64)57-29-9-32-60-52(68)42-14-20-45(71-5)21-15-42,39-75-36-27-49(65)58-30-10-33-61-53(69)43-16-22-46(72-6)23-17-43)40-76-37-28-50(66)59-31-11-34-62-54(70)44-18-24-47(73-7)25-19-44/h14-25H,1,8-13,26-40H2,2-7H3,(H,57,64)(H,58,65)(H,59,66)(H,60,68)(H,61,69)(H,62,70)(H,63,67). The highest BCUT2D eigenvalue weighted by Crippen LogP contribution is 2.27. The Morgan fingerprint density at radius 2 is 0.711 bits per heavy atom. The number of ether oxygens (including phenoxy) is 6. The molecular weight excluding hydrogens is 979 g/mol. The van der Waals surface area contributed by atoms with E-state index in [1.807, 2.05) is 0 Å². The minimum absolute atomic E-state index is 0.00443. The molecule has 0 fully saturated rings. The summed E-state index contributed by atoms with van der Waals surface area (Å²) in [5.74, 6) is 0.0618. The van der Waals surface area contributed by atoms with Gasteiger partial charge in [-0.05, 0) is 110 Å². The molecule has 0 heterocycles. The lowest BCUT2D eigenvalue weighted by Gasteiger charge is -2.34. The van der Waals surface area contributed by atoms with Gasteiger partial charge in [-0.25, -0.2) is 0 Å². The molecule has 0 bridgehead atoms. The maximum atomic E-state index is 13.7. The summed E-state index contributed by atoms with van der Waals surface area (Å²) in [5, 5.41) is 20.0. The molecule has 418 valence electrons. The molecule has 0 aliphatic heterocycles. The Balaban J connectivity index is 1.57. The molecule has 7 amide bonds. The average Bonchev–Trinajstić information content (AvgIpc) is 3.41. The molecule has 0 unspecified atom stereocenters. The molecule has 0 spiro atoms. The number of carbonyl (C=O) groups excluding carboxylic acids is 7. The van der Waals surface area contributed by atoms with Gasteiger partial charge in [-0.15, -0.1) is 0 Å². The summed E-state index contributed by atoms with van der Waals surface area (Å²) >= 11 is 0. The van der Waals surface area contributed by atoms with Crippen molar-refractivity contribution in [3.63, 3.8) is 0 Å². The molecule has 0 saturated carbocycles. The third kappa shape index (κ3) is 26.0. The van der Waals surface area contributed by atoms with Gasteiger partial charge >= 0.3 is 0 Å². The highest BCUT2D eigenvalue weighted by atomic mass is 16.5. The number of benzene rings is 3. The molecule has 20 heteroatoms. The van der Waals surface area contributed by atoms with Gasteiger partial charge in [0.1, 0.15) is 22.8 Å². The fraction of sp³-hybridized carbons (Fsp3) is 0.518. The first-order valence-corrected chi connectivity index (χ1v) is 25.8. The molecule has 76 heavy (non-hydrogen) atoms. The highest BCUT2D eigenvalue weighted by Gasteiger charge is 2.34. The highest BCUT2D eigenvalue weighted by molar-refractivity contribution is 5.95. The van der Waals surface area contributed by atoms with Gasteiger partial charge in [0.15, 0.2) is 0 Å². The van der Waals surface area contributed by atoms with Crippen molar-refractivity contribution in [2.24, 2.45) is 5.41 Å². The van der Waals surface area contributed by atoms with Crippen molar-refractivity contribution in [2.75, 3.05) is 100 Å². The largest absolute Gasteiger partial charge is 0.497 e. The quantitative estimate of drug-likeness (QED) is 0.0305. The number of methoxy groups -OCH3 is 3. The lowest BCUT2D eigenvalue weighted by atomic mass is 9.85. The maximum Gasteiger partial charge on any atom is 0.251 e. The van der Waals surface area contributed by atoms with Crippen LogP contribution in [0.25, 0.3) is 0 Å². The zero-order chi connectivity index (χ0) is 55.6. The minimum atomic E-state index is -1.30. The second-order valence-electron chi connectivity index (χ2n) is 19.0. The summed E-state index contributed by atoms with van der Waals surface area (Å²) in [6.07, 6.45) is 2.78. The van der Waals surface area contributed by atoms with Crippen LogP contribution in [0.5, 0.6) is 17.2 Å². The van der Waals surface area contributed by atoms with E-state index < -0.39 is 5.54 Å².